The molecule has 3 N–H and O–H groups in total. The molecular weight excluding hydrogens is 248 g/mol. The molecule has 0 saturated carbocycles. The SMILES string of the molecule is NCc1nc(-c2ccc(C(=O)O)c(F)c2F)no1. The minimum absolute atomic E-state index is 0.0374. The number of halogens is 2. The number of aromatic nitrogens is 2. The molecule has 0 aliphatic carbocycles. The van der Waals surface area contributed by atoms with Gasteiger partial charge in [0.15, 0.2) is 11.6 Å². The number of carbonyl (C=O) groups is 1. The topological polar surface area (TPSA) is 102 Å². The number of rotatable bonds is 3. The highest BCUT2D eigenvalue weighted by Gasteiger charge is 2.21. The van der Waals surface area contributed by atoms with Gasteiger partial charge in [0.05, 0.1) is 17.7 Å². The van der Waals surface area contributed by atoms with Crippen molar-refractivity contribution in [1.29, 1.82) is 0 Å². The average Bonchev–Trinajstić information content (AvgIpc) is 2.80. The van der Waals surface area contributed by atoms with E-state index < -0.39 is 23.2 Å². The van der Waals surface area contributed by atoms with Crippen molar-refractivity contribution in [3.63, 3.8) is 0 Å². The van der Waals surface area contributed by atoms with Gasteiger partial charge in [-0.1, -0.05) is 5.16 Å². The van der Waals surface area contributed by atoms with Crippen LogP contribution in [0.4, 0.5) is 8.78 Å². The number of nitrogens with zero attached hydrogens (tertiary/aromatic N) is 2. The molecule has 0 saturated heterocycles. The standard InChI is InChI=1S/C10H7F2N3O3/c11-7-4(9-14-6(3-13)18-15-9)1-2-5(8(7)12)10(16)17/h1-2H,3,13H2,(H,16,17). The quantitative estimate of drug-likeness (QED) is 0.853. The Morgan fingerprint density at radius 3 is 2.67 bits per heavy atom. The van der Waals surface area contributed by atoms with Crippen molar-refractivity contribution < 1.29 is 23.2 Å². The molecule has 0 radical (unpaired) electrons. The summed E-state index contributed by atoms with van der Waals surface area (Å²) in [4.78, 5) is 14.3. The van der Waals surface area contributed by atoms with Crippen LogP contribution in [-0.4, -0.2) is 21.2 Å². The fraction of sp³-hybridized carbons (Fsp3) is 0.100. The Labute approximate surface area is 99.0 Å². The molecule has 0 aliphatic heterocycles. The highest BCUT2D eigenvalue weighted by atomic mass is 19.2. The van der Waals surface area contributed by atoms with Gasteiger partial charge in [0.25, 0.3) is 0 Å². The van der Waals surface area contributed by atoms with Crippen LogP contribution in [0.5, 0.6) is 0 Å². The second-order valence-corrected chi connectivity index (χ2v) is 3.31. The molecule has 0 unspecified atom stereocenters. The van der Waals surface area contributed by atoms with Gasteiger partial charge < -0.3 is 15.4 Å². The first kappa shape index (κ1) is 12.1. The lowest BCUT2D eigenvalue weighted by Crippen LogP contribution is -2.04. The average molecular weight is 255 g/mol. The summed E-state index contributed by atoms with van der Waals surface area (Å²) in [5.74, 6) is -4.51. The molecule has 0 atom stereocenters. The Hall–Kier alpha value is -2.35. The van der Waals surface area contributed by atoms with Crippen LogP contribution < -0.4 is 5.73 Å². The third-order valence-corrected chi connectivity index (χ3v) is 2.20. The largest absolute Gasteiger partial charge is 0.478 e. The van der Waals surface area contributed by atoms with Crippen molar-refractivity contribution in [1.82, 2.24) is 10.1 Å². The van der Waals surface area contributed by atoms with Crippen molar-refractivity contribution >= 4 is 5.97 Å². The van der Waals surface area contributed by atoms with Gasteiger partial charge in [0.2, 0.25) is 11.7 Å². The molecule has 1 aromatic heterocycles. The maximum absolute atomic E-state index is 13.6. The highest BCUT2D eigenvalue weighted by molar-refractivity contribution is 5.88. The highest BCUT2D eigenvalue weighted by Crippen LogP contribution is 2.24. The molecule has 8 heteroatoms. The predicted molar refractivity (Wildman–Crippen MR) is 54.5 cm³/mol. The van der Waals surface area contributed by atoms with E-state index in [4.69, 9.17) is 10.8 Å². The van der Waals surface area contributed by atoms with E-state index in [9.17, 15) is 13.6 Å². The molecule has 0 amide bonds. The third kappa shape index (κ3) is 1.93. The van der Waals surface area contributed by atoms with E-state index in [1.54, 1.807) is 0 Å². The van der Waals surface area contributed by atoms with E-state index in [0.717, 1.165) is 12.1 Å². The fourth-order valence-corrected chi connectivity index (χ4v) is 1.33. The van der Waals surface area contributed by atoms with Crippen LogP contribution in [0.15, 0.2) is 16.7 Å². The summed E-state index contributed by atoms with van der Waals surface area (Å²) in [5.41, 5.74) is 4.18. The van der Waals surface area contributed by atoms with Crippen LogP contribution in [0, 0.1) is 11.6 Å². The Morgan fingerprint density at radius 1 is 1.39 bits per heavy atom. The summed E-state index contributed by atoms with van der Waals surface area (Å²) in [7, 11) is 0. The van der Waals surface area contributed by atoms with Gasteiger partial charge in [-0.2, -0.15) is 4.98 Å². The van der Waals surface area contributed by atoms with Gasteiger partial charge in [0, 0.05) is 0 Å². The molecule has 6 nitrogen and oxygen atoms in total. The monoisotopic (exact) mass is 255 g/mol. The number of carboxylic acid groups (broad SMARTS) is 1. The van der Waals surface area contributed by atoms with Crippen LogP contribution in [0.3, 0.4) is 0 Å². The molecule has 94 valence electrons. The molecule has 1 aromatic carbocycles. The van der Waals surface area contributed by atoms with E-state index >= 15 is 0 Å². The Morgan fingerprint density at radius 2 is 2.11 bits per heavy atom. The number of aromatic carboxylic acids is 1. The summed E-state index contributed by atoms with van der Waals surface area (Å²) in [5, 5.41) is 12.0. The summed E-state index contributed by atoms with van der Waals surface area (Å²) >= 11 is 0. The van der Waals surface area contributed by atoms with Crippen molar-refractivity contribution in [2.24, 2.45) is 5.73 Å². The number of carboxylic acids is 1. The molecule has 0 spiro atoms. The van der Waals surface area contributed by atoms with Gasteiger partial charge in [-0.3, -0.25) is 0 Å². The molecule has 18 heavy (non-hydrogen) atoms. The first-order chi connectivity index (χ1) is 8.54. The molecule has 0 bridgehead atoms. The summed E-state index contributed by atoms with van der Waals surface area (Å²) in [6, 6.07) is 1.99. The van der Waals surface area contributed by atoms with Gasteiger partial charge in [-0.25, -0.2) is 13.6 Å². The predicted octanol–water partition coefficient (Wildman–Crippen LogP) is 1.17. The van der Waals surface area contributed by atoms with Crippen LogP contribution >= 0.6 is 0 Å². The van der Waals surface area contributed by atoms with Crippen LogP contribution in [0.25, 0.3) is 11.4 Å². The van der Waals surface area contributed by atoms with E-state index in [-0.39, 0.29) is 23.8 Å². The second kappa shape index (κ2) is 4.49. The normalized spacial score (nSPS) is 10.6. The minimum atomic E-state index is -1.56. The smallest absolute Gasteiger partial charge is 0.338 e. The lowest BCUT2D eigenvalue weighted by molar-refractivity contribution is 0.0690. The zero-order valence-electron chi connectivity index (χ0n) is 8.85. The van der Waals surface area contributed by atoms with Crippen LogP contribution in [0.2, 0.25) is 0 Å². The maximum Gasteiger partial charge on any atom is 0.338 e. The van der Waals surface area contributed by atoms with Crippen molar-refractivity contribution in [3.05, 3.63) is 35.2 Å². The zero-order valence-corrected chi connectivity index (χ0v) is 8.85. The van der Waals surface area contributed by atoms with Gasteiger partial charge >= 0.3 is 5.97 Å². The molecule has 2 aromatic rings. The van der Waals surface area contributed by atoms with Crippen LogP contribution in [-0.2, 0) is 6.54 Å². The van der Waals surface area contributed by atoms with E-state index in [2.05, 4.69) is 14.7 Å². The van der Waals surface area contributed by atoms with Gasteiger partial charge in [-0.05, 0) is 12.1 Å². The van der Waals surface area contributed by atoms with Crippen molar-refractivity contribution in [3.8, 4) is 11.4 Å². The first-order valence-electron chi connectivity index (χ1n) is 4.79. The van der Waals surface area contributed by atoms with E-state index in [1.165, 1.54) is 0 Å². The minimum Gasteiger partial charge on any atom is -0.478 e. The third-order valence-electron chi connectivity index (χ3n) is 2.20. The number of nitrogens with two attached hydrogens (primary N) is 1. The fourth-order valence-electron chi connectivity index (χ4n) is 1.33. The first-order valence-corrected chi connectivity index (χ1v) is 4.79. The van der Waals surface area contributed by atoms with Gasteiger partial charge in [-0.15, -0.1) is 0 Å². The Kier molecular flexibility index (Phi) is 3.02. The summed E-state index contributed by atoms with van der Waals surface area (Å²) in [6.45, 7) is -0.0374. The molecule has 0 aliphatic rings. The van der Waals surface area contributed by atoms with Crippen molar-refractivity contribution in [2.75, 3.05) is 0 Å². The number of benzene rings is 1. The molecule has 1 heterocycles. The Bertz CT molecular complexity index is 612. The lowest BCUT2D eigenvalue weighted by atomic mass is 10.1. The second-order valence-electron chi connectivity index (χ2n) is 3.31. The Balaban J connectivity index is 2.53. The number of hydrogen-bond acceptors (Lipinski definition) is 5. The molecular formula is C10H7F2N3O3. The lowest BCUT2D eigenvalue weighted by Gasteiger charge is -2.02. The summed E-state index contributed by atoms with van der Waals surface area (Å²) in [6.07, 6.45) is 0. The number of hydrogen-bond donors (Lipinski definition) is 2. The van der Waals surface area contributed by atoms with Gasteiger partial charge in [0.1, 0.15) is 0 Å². The maximum atomic E-state index is 13.6. The van der Waals surface area contributed by atoms with E-state index in [1.807, 2.05) is 0 Å². The van der Waals surface area contributed by atoms with E-state index in [0.29, 0.717) is 0 Å². The van der Waals surface area contributed by atoms with Crippen molar-refractivity contribution in [2.45, 2.75) is 6.54 Å². The molecule has 2 rings (SSSR count). The summed E-state index contributed by atoms with van der Waals surface area (Å²) < 4.78 is 31.7. The zero-order chi connectivity index (χ0) is 13.3. The van der Waals surface area contributed by atoms with Crippen LogP contribution in [0.1, 0.15) is 16.2 Å². The molecule has 0 fully saturated rings.